The highest BCUT2D eigenvalue weighted by Crippen LogP contribution is 2.35. The fourth-order valence-corrected chi connectivity index (χ4v) is 3.18. The number of thioether (sulfide) groups is 1. The summed E-state index contributed by atoms with van der Waals surface area (Å²) >= 11 is 1.56. The van der Waals surface area contributed by atoms with Crippen molar-refractivity contribution < 1.29 is 4.92 Å². The topological polar surface area (TPSA) is 67.2 Å². The van der Waals surface area contributed by atoms with Gasteiger partial charge in [-0.25, -0.2) is 0 Å². The van der Waals surface area contributed by atoms with Crippen LogP contribution in [0.1, 0.15) is 13.8 Å². The van der Waals surface area contributed by atoms with Gasteiger partial charge in [-0.15, -0.1) is 11.8 Å². The maximum Gasteiger partial charge on any atom is 0.282 e. The Hall–Kier alpha value is -1.11. The first-order valence-electron chi connectivity index (χ1n) is 5.50. The molecule has 0 bridgehead atoms. The Labute approximate surface area is 104 Å². The van der Waals surface area contributed by atoms with Gasteiger partial charge in [0.15, 0.2) is 0 Å². The summed E-state index contributed by atoms with van der Waals surface area (Å²) in [5.74, 6) is 0. The molecule has 2 unspecified atom stereocenters. The summed E-state index contributed by atoms with van der Waals surface area (Å²) in [6, 6.07) is 7.46. The predicted octanol–water partition coefficient (Wildman–Crippen LogP) is 1.94. The average molecular weight is 253 g/mol. The van der Waals surface area contributed by atoms with Gasteiger partial charge >= 0.3 is 0 Å². The SMILES string of the molecule is CC1NNC(C)C1Sc1ccccc1[N+](=O)[O-]. The zero-order valence-corrected chi connectivity index (χ0v) is 10.5. The van der Waals surface area contributed by atoms with Gasteiger partial charge in [0, 0.05) is 23.4 Å². The fourth-order valence-electron chi connectivity index (χ4n) is 1.92. The van der Waals surface area contributed by atoms with Gasteiger partial charge in [0.1, 0.15) is 0 Å². The van der Waals surface area contributed by atoms with Gasteiger partial charge in [-0.3, -0.25) is 21.0 Å². The van der Waals surface area contributed by atoms with E-state index in [0.717, 1.165) is 4.90 Å². The van der Waals surface area contributed by atoms with Crippen LogP contribution in [-0.2, 0) is 0 Å². The van der Waals surface area contributed by atoms with E-state index < -0.39 is 0 Å². The summed E-state index contributed by atoms with van der Waals surface area (Å²) in [5, 5.41) is 11.2. The predicted molar refractivity (Wildman–Crippen MR) is 67.9 cm³/mol. The van der Waals surface area contributed by atoms with Crippen molar-refractivity contribution in [2.45, 2.75) is 36.1 Å². The first kappa shape index (κ1) is 12.3. The van der Waals surface area contributed by atoms with Gasteiger partial charge in [0.05, 0.1) is 9.82 Å². The minimum absolute atomic E-state index is 0.184. The Morgan fingerprint density at radius 1 is 1.24 bits per heavy atom. The lowest BCUT2D eigenvalue weighted by atomic mass is 10.2. The van der Waals surface area contributed by atoms with E-state index in [9.17, 15) is 10.1 Å². The Kier molecular flexibility index (Phi) is 3.66. The molecule has 1 heterocycles. The van der Waals surface area contributed by atoms with E-state index in [4.69, 9.17) is 0 Å². The number of para-hydroxylation sites is 1. The van der Waals surface area contributed by atoms with Crippen LogP contribution < -0.4 is 10.9 Å². The molecule has 0 radical (unpaired) electrons. The Morgan fingerprint density at radius 2 is 1.82 bits per heavy atom. The molecule has 0 aromatic heterocycles. The van der Waals surface area contributed by atoms with Crippen molar-refractivity contribution in [1.29, 1.82) is 0 Å². The lowest BCUT2D eigenvalue weighted by Gasteiger charge is -2.16. The Morgan fingerprint density at radius 3 is 2.41 bits per heavy atom. The minimum atomic E-state index is -0.326. The van der Waals surface area contributed by atoms with Crippen molar-refractivity contribution >= 4 is 17.4 Å². The van der Waals surface area contributed by atoms with E-state index in [1.165, 1.54) is 0 Å². The number of benzene rings is 1. The van der Waals surface area contributed by atoms with Gasteiger partial charge in [0.25, 0.3) is 5.69 Å². The lowest BCUT2D eigenvalue weighted by Crippen LogP contribution is -2.30. The number of rotatable bonds is 3. The van der Waals surface area contributed by atoms with Crippen molar-refractivity contribution in [3.8, 4) is 0 Å². The van der Waals surface area contributed by atoms with Gasteiger partial charge < -0.3 is 0 Å². The molecule has 0 spiro atoms. The molecule has 1 aliphatic rings. The van der Waals surface area contributed by atoms with E-state index in [0.29, 0.717) is 0 Å². The number of nitro benzene ring substituents is 1. The second-order valence-corrected chi connectivity index (χ2v) is 5.39. The van der Waals surface area contributed by atoms with Crippen LogP contribution >= 0.6 is 11.8 Å². The summed E-state index contributed by atoms with van der Waals surface area (Å²) in [4.78, 5) is 11.3. The van der Waals surface area contributed by atoms with Gasteiger partial charge in [0.2, 0.25) is 0 Å². The van der Waals surface area contributed by atoms with Crippen LogP contribution in [0.25, 0.3) is 0 Å². The third kappa shape index (κ3) is 2.59. The van der Waals surface area contributed by atoms with Crippen molar-refractivity contribution in [3.63, 3.8) is 0 Å². The summed E-state index contributed by atoms with van der Waals surface area (Å²) in [6.07, 6.45) is 0. The summed E-state index contributed by atoms with van der Waals surface area (Å²) < 4.78 is 0. The van der Waals surface area contributed by atoms with Crippen LogP contribution in [0.5, 0.6) is 0 Å². The smallest absolute Gasteiger partial charge is 0.258 e. The minimum Gasteiger partial charge on any atom is -0.258 e. The third-order valence-electron chi connectivity index (χ3n) is 2.85. The molecule has 1 aromatic carbocycles. The summed E-state index contributed by atoms with van der Waals surface area (Å²) in [7, 11) is 0. The van der Waals surface area contributed by atoms with Crippen molar-refractivity contribution in [2.24, 2.45) is 0 Å². The second kappa shape index (κ2) is 5.03. The van der Waals surface area contributed by atoms with E-state index >= 15 is 0 Å². The molecule has 1 fully saturated rings. The fraction of sp³-hybridized carbons (Fsp3) is 0.455. The first-order valence-corrected chi connectivity index (χ1v) is 6.38. The number of nitro groups is 1. The van der Waals surface area contributed by atoms with E-state index in [2.05, 4.69) is 24.7 Å². The summed E-state index contributed by atoms with van der Waals surface area (Å²) in [5.41, 5.74) is 6.48. The van der Waals surface area contributed by atoms with Crippen LogP contribution in [0.4, 0.5) is 5.69 Å². The van der Waals surface area contributed by atoms with Gasteiger partial charge in [-0.05, 0) is 19.9 Å². The maximum atomic E-state index is 10.9. The number of nitrogens with one attached hydrogen (secondary N) is 2. The molecule has 92 valence electrons. The number of hydrogen-bond acceptors (Lipinski definition) is 5. The monoisotopic (exact) mass is 253 g/mol. The highest BCUT2D eigenvalue weighted by Gasteiger charge is 2.32. The number of hydrazine groups is 1. The Bertz CT molecular complexity index is 417. The average Bonchev–Trinajstić information content (AvgIpc) is 2.61. The molecular formula is C11H15N3O2S. The molecule has 0 aliphatic carbocycles. The van der Waals surface area contributed by atoms with Crippen LogP contribution in [-0.4, -0.2) is 22.3 Å². The summed E-state index contributed by atoms with van der Waals surface area (Å²) in [6.45, 7) is 4.14. The molecule has 2 rings (SSSR count). The van der Waals surface area contributed by atoms with Crippen molar-refractivity contribution in [3.05, 3.63) is 34.4 Å². The largest absolute Gasteiger partial charge is 0.282 e. The maximum absolute atomic E-state index is 10.9. The van der Waals surface area contributed by atoms with Gasteiger partial charge in [-0.2, -0.15) is 0 Å². The third-order valence-corrected chi connectivity index (χ3v) is 4.54. The quantitative estimate of drug-likeness (QED) is 0.636. The van der Waals surface area contributed by atoms with Crippen LogP contribution in [0, 0.1) is 10.1 Å². The highest BCUT2D eigenvalue weighted by molar-refractivity contribution is 8.00. The van der Waals surface area contributed by atoms with Crippen molar-refractivity contribution in [1.82, 2.24) is 10.9 Å². The molecule has 1 aliphatic heterocycles. The zero-order chi connectivity index (χ0) is 12.4. The number of hydrogen-bond donors (Lipinski definition) is 2. The molecular weight excluding hydrogens is 238 g/mol. The zero-order valence-electron chi connectivity index (χ0n) is 9.71. The molecule has 1 aromatic rings. The molecule has 0 saturated carbocycles. The molecule has 0 amide bonds. The van der Waals surface area contributed by atoms with Crippen LogP contribution in [0.2, 0.25) is 0 Å². The molecule has 1 saturated heterocycles. The van der Waals surface area contributed by atoms with Gasteiger partial charge in [-0.1, -0.05) is 12.1 Å². The molecule has 5 nitrogen and oxygen atoms in total. The van der Waals surface area contributed by atoms with Crippen LogP contribution in [0.15, 0.2) is 29.2 Å². The van der Waals surface area contributed by atoms with E-state index in [1.54, 1.807) is 30.0 Å². The Balaban J connectivity index is 2.21. The number of nitrogens with zero attached hydrogens (tertiary/aromatic N) is 1. The molecule has 6 heteroatoms. The highest BCUT2D eigenvalue weighted by atomic mass is 32.2. The van der Waals surface area contributed by atoms with E-state index in [-0.39, 0.29) is 27.9 Å². The van der Waals surface area contributed by atoms with Crippen molar-refractivity contribution in [2.75, 3.05) is 0 Å². The standard InChI is InChI=1S/C11H15N3O2S/c1-7-11(8(2)13-12-7)17-10-6-4-3-5-9(10)14(15)16/h3-8,11-13H,1-2H3. The van der Waals surface area contributed by atoms with E-state index in [1.807, 2.05) is 6.07 Å². The van der Waals surface area contributed by atoms with Crippen LogP contribution in [0.3, 0.4) is 0 Å². The lowest BCUT2D eigenvalue weighted by molar-refractivity contribution is -0.387. The second-order valence-electron chi connectivity index (χ2n) is 4.17. The molecule has 2 atom stereocenters. The first-order chi connectivity index (χ1) is 8.09. The molecule has 17 heavy (non-hydrogen) atoms. The normalized spacial score (nSPS) is 28.2. The molecule has 2 N–H and O–H groups in total.